The first-order chi connectivity index (χ1) is 14.8. The van der Waals surface area contributed by atoms with Gasteiger partial charge in [0.2, 0.25) is 0 Å². The van der Waals surface area contributed by atoms with Crippen LogP contribution in [0.5, 0.6) is 0 Å². The number of azo groups is 1. The maximum Gasteiger partial charge on any atom is 0.301 e. The summed E-state index contributed by atoms with van der Waals surface area (Å²) in [4.78, 5) is 12.2. The molecule has 0 saturated heterocycles. The van der Waals surface area contributed by atoms with E-state index < -0.39 is 20.6 Å². The highest BCUT2D eigenvalue weighted by Crippen LogP contribution is 2.34. The Labute approximate surface area is 181 Å². The van der Waals surface area contributed by atoms with Crippen LogP contribution in [0.4, 0.5) is 11.4 Å². The zero-order chi connectivity index (χ0) is 22.2. The zero-order valence-corrected chi connectivity index (χ0v) is 17.4. The van der Waals surface area contributed by atoms with Crippen molar-refractivity contribution in [3.63, 3.8) is 0 Å². The number of rotatable bonds is 4. The maximum atomic E-state index is 12.8. The molecule has 0 saturated carbocycles. The van der Waals surface area contributed by atoms with Crippen LogP contribution >= 0.6 is 12.2 Å². The lowest BCUT2D eigenvalue weighted by atomic mass is 10.1. The van der Waals surface area contributed by atoms with Gasteiger partial charge in [0.25, 0.3) is 0 Å². The molecule has 9 nitrogen and oxygen atoms in total. The number of aromatic nitrogens is 2. The number of aromatic amines is 1. The minimum atomic E-state index is -4.88. The highest BCUT2D eigenvalue weighted by atomic mass is 32.2. The fourth-order valence-corrected chi connectivity index (χ4v) is 4.11. The molecule has 156 valence electrons. The lowest BCUT2D eigenvalue weighted by Gasteiger charge is -2.12. The summed E-state index contributed by atoms with van der Waals surface area (Å²) in [7, 11) is -4.88. The van der Waals surface area contributed by atoms with E-state index in [0.29, 0.717) is 10.9 Å². The molecule has 0 atom stereocenters. The van der Waals surface area contributed by atoms with E-state index in [4.69, 9.17) is 18.0 Å². The topological polar surface area (TPSA) is 146 Å². The number of benzene rings is 3. The number of thiocarbonyl (C=S) groups is 1. The largest absolute Gasteiger partial charge is 0.744 e. The Balaban J connectivity index is 1.93. The van der Waals surface area contributed by atoms with Crippen LogP contribution in [0.1, 0.15) is 0 Å². The summed E-state index contributed by atoms with van der Waals surface area (Å²) in [5.41, 5.74) is 5.51. The van der Waals surface area contributed by atoms with Crippen molar-refractivity contribution in [2.24, 2.45) is 16.0 Å². The van der Waals surface area contributed by atoms with Gasteiger partial charge in [0, 0.05) is 10.9 Å². The van der Waals surface area contributed by atoms with Gasteiger partial charge in [0.05, 0.1) is 10.6 Å². The fraction of sp³-hybridized carbons (Fsp3) is 0. The van der Waals surface area contributed by atoms with Crippen LogP contribution in [-0.2, 0) is 10.1 Å². The first-order valence-corrected chi connectivity index (χ1v) is 10.7. The van der Waals surface area contributed by atoms with Crippen molar-refractivity contribution in [2.45, 2.75) is 4.90 Å². The molecular weight excluding hydrogens is 438 g/mol. The van der Waals surface area contributed by atoms with Gasteiger partial charge in [-0.25, -0.2) is 8.42 Å². The van der Waals surface area contributed by atoms with Crippen molar-refractivity contribution in [1.82, 2.24) is 9.78 Å². The van der Waals surface area contributed by atoms with Crippen molar-refractivity contribution in [3.8, 4) is 11.3 Å². The van der Waals surface area contributed by atoms with Gasteiger partial charge in [0.1, 0.15) is 15.8 Å². The van der Waals surface area contributed by atoms with Crippen LogP contribution in [0.3, 0.4) is 0 Å². The molecule has 0 unspecified atom stereocenters. The smallest absolute Gasteiger partial charge is 0.301 e. The third-order valence-corrected chi connectivity index (χ3v) is 5.63. The summed E-state index contributed by atoms with van der Waals surface area (Å²) in [5, 5.41) is 11.2. The molecule has 31 heavy (non-hydrogen) atoms. The first-order valence-electron chi connectivity index (χ1n) is 8.87. The monoisotopic (exact) mass is 452 g/mol. The maximum absolute atomic E-state index is 12.8. The number of nitrogens with one attached hydrogen (secondary N) is 1. The van der Waals surface area contributed by atoms with E-state index in [-0.39, 0.29) is 27.6 Å². The van der Waals surface area contributed by atoms with Crippen LogP contribution in [0.25, 0.3) is 22.0 Å². The van der Waals surface area contributed by atoms with Crippen molar-refractivity contribution in [1.29, 1.82) is 0 Å². The van der Waals surface area contributed by atoms with Gasteiger partial charge in [-0.3, -0.25) is 9.89 Å². The minimum Gasteiger partial charge on any atom is -0.744 e. The summed E-state index contributed by atoms with van der Waals surface area (Å²) in [6.07, 6.45) is 0. The second-order valence-corrected chi connectivity index (χ2v) is 8.20. The summed E-state index contributed by atoms with van der Waals surface area (Å²) in [6.45, 7) is 0. The van der Waals surface area contributed by atoms with Crippen LogP contribution in [0.15, 0.2) is 86.6 Å². The Morgan fingerprint density at radius 3 is 2.35 bits per heavy atom. The van der Waals surface area contributed by atoms with Crippen molar-refractivity contribution < 1.29 is 13.0 Å². The molecule has 0 radical (unpaired) electrons. The second kappa shape index (κ2) is 7.87. The van der Waals surface area contributed by atoms with Gasteiger partial charge in [-0.05, 0) is 23.7 Å². The second-order valence-electron chi connectivity index (χ2n) is 6.47. The quantitative estimate of drug-likeness (QED) is 0.276. The van der Waals surface area contributed by atoms with Gasteiger partial charge < -0.3 is 10.3 Å². The lowest BCUT2D eigenvalue weighted by molar-refractivity contribution is 0.464. The van der Waals surface area contributed by atoms with E-state index in [1.54, 1.807) is 54.6 Å². The lowest BCUT2D eigenvalue weighted by Crippen LogP contribution is -2.29. The third kappa shape index (κ3) is 3.89. The Hall–Kier alpha value is -3.67. The molecule has 11 heteroatoms. The van der Waals surface area contributed by atoms with Gasteiger partial charge in [-0.2, -0.15) is 4.68 Å². The van der Waals surface area contributed by atoms with Gasteiger partial charge in [0.15, 0.2) is 10.8 Å². The Kier molecular flexibility index (Phi) is 5.23. The predicted molar refractivity (Wildman–Crippen MR) is 119 cm³/mol. The minimum absolute atomic E-state index is 0.138. The molecule has 4 aromatic rings. The number of nitrogens with zero attached hydrogens (tertiary/aromatic N) is 3. The summed E-state index contributed by atoms with van der Waals surface area (Å²) < 4.78 is 36.8. The Bertz CT molecular complexity index is 1510. The molecule has 3 aromatic carbocycles. The molecule has 0 aliphatic carbocycles. The molecule has 0 spiro atoms. The van der Waals surface area contributed by atoms with Crippen molar-refractivity contribution in [3.05, 3.63) is 77.1 Å². The molecule has 0 aliphatic heterocycles. The van der Waals surface area contributed by atoms with E-state index in [0.717, 1.165) is 4.68 Å². The van der Waals surface area contributed by atoms with Crippen molar-refractivity contribution >= 4 is 49.6 Å². The summed E-state index contributed by atoms with van der Waals surface area (Å²) in [5.74, 6) is 0. The summed E-state index contributed by atoms with van der Waals surface area (Å²) in [6, 6.07) is 18.3. The van der Waals surface area contributed by atoms with Gasteiger partial charge >= 0.3 is 5.56 Å². The number of hydrogen-bond acceptors (Lipinski definition) is 7. The standard InChI is InChI=1S/C20H15N5O4S2/c21-20(30)25-19(26)17(16(24-25)13-7-2-1-3-8-13)23-22-15-11-10-12-6-4-5-9-14(12)18(15)31(27,28)29/h1-11,24H,(H2,21,30)(H,27,28,29)/p-1. The van der Waals surface area contributed by atoms with Gasteiger partial charge in [-0.15, -0.1) is 10.2 Å². The number of hydrogen-bond donors (Lipinski definition) is 2. The molecule has 0 bridgehead atoms. The SMILES string of the molecule is NC(=S)n1[nH]c(-c2ccccc2)c(N=Nc2ccc3ccccc3c2S(=O)(=O)[O-])c1=O. The van der Waals surface area contributed by atoms with Crippen LogP contribution < -0.4 is 11.3 Å². The Morgan fingerprint density at radius 2 is 1.68 bits per heavy atom. The first kappa shape index (κ1) is 20.6. The Morgan fingerprint density at radius 1 is 1.00 bits per heavy atom. The van der Waals surface area contributed by atoms with E-state index in [9.17, 15) is 17.8 Å². The molecule has 0 aliphatic rings. The number of nitrogens with two attached hydrogens (primary N) is 1. The van der Waals surface area contributed by atoms with E-state index in [1.807, 2.05) is 0 Å². The fourth-order valence-electron chi connectivity index (χ4n) is 3.16. The highest BCUT2D eigenvalue weighted by molar-refractivity contribution is 7.86. The molecule has 0 amide bonds. The van der Waals surface area contributed by atoms with E-state index in [2.05, 4.69) is 15.3 Å². The number of H-pyrrole nitrogens is 1. The molecule has 1 heterocycles. The van der Waals surface area contributed by atoms with Crippen LogP contribution in [-0.4, -0.2) is 27.9 Å². The highest BCUT2D eigenvalue weighted by Gasteiger charge is 2.18. The van der Waals surface area contributed by atoms with Crippen LogP contribution in [0.2, 0.25) is 0 Å². The summed E-state index contributed by atoms with van der Waals surface area (Å²) >= 11 is 4.89. The average molecular weight is 452 g/mol. The molecular formula is C20H14N5O4S2-. The molecule has 0 fully saturated rings. The van der Waals surface area contributed by atoms with Crippen molar-refractivity contribution in [2.75, 3.05) is 0 Å². The van der Waals surface area contributed by atoms with Gasteiger partial charge in [-0.1, -0.05) is 60.7 Å². The normalized spacial score (nSPS) is 11.9. The third-order valence-electron chi connectivity index (χ3n) is 4.52. The predicted octanol–water partition coefficient (Wildman–Crippen LogP) is 3.41. The molecule has 1 aromatic heterocycles. The molecule has 4 rings (SSSR count). The zero-order valence-electron chi connectivity index (χ0n) is 15.7. The van der Waals surface area contributed by atoms with E-state index in [1.165, 1.54) is 12.1 Å². The number of fused-ring (bicyclic) bond motifs is 1. The average Bonchev–Trinajstić information content (AvgIpc) is 3.08. The van der Waals surface area contributed by atoms with E-state index >= 15 is 0 Å². The molecule has 3 N–H and O–H groups in total. The van der Waals surface area contributed by atoms with Crippen LogP contribution in [0, 0.1) is 0 Å².